The molecule has 5 heavy (non-hydrogen) atoms. The summed E-state index contributed by atoms with van der Waals surface area (Å²) >= 11 is 0. The van der Waals surface area contributed by atoms with Crippen molar-refractivity contribution in [3.63, 3.8) is 0 Å². The van der Waals surface area contributed by atoms with E-state index in [1.165, 1.54) is 9.55 Å². The molecule has 0 aliphatic carbocycles. The zero-order valence-corrected chi connectivity index (χ0v) is 11.9. The van der Waals surface area contributed by atoms with Crippen molar-refractivity contribution in [1.82, 2.24) is 0 Å². The number of hydrogen-bond donors (Lipinski definition) is 0. The molecule has 0 heterocycles. The van der Waals surface area contributed by atoms with Crippen LogP contribution in [-0.2, 0) is 0 Å². The zero-order chi connectivity index (χ0) is 2.00. The second-order valence-electron chi connectivity index (χ2n) is 0. The summed E-state index contributed by atoms with van der Waals surface area (Å²) in [4.78, 5) is 0. The van der Waals surface area contributed by atoms with Crippen molar-refractivity contribution in [3.05, 3.63) is 0 Å². The van der Waals surface area contributed by atoms with Crippen LogP contribution in [0, 0.1) is 0 Å². The van der Waals surface area contributed by atoms with Crippen LogP contribution in [0.25, 0.3) is 0 Å². The van der Waals surface area contributed by atoms with Crippen LogP contribution in [0.4, 0.5) is 4.20 Å². The van der Waals surface area contributed by atoms with Gasteiger partial charge in [0.05, 0.1) is 0 Å². The molecule has 0 radical (unpaired) electrons. The largest absolute Gasteiger partial charge is 1.00 e. The molecule has 5 heteroatoms. The van der Waals surface area contributed by atoms with Gasteiger partial charge in [-0.3, -0.25) is 0 Å². The van der Waals surface area contributed by atoms with Crippen LogP contribution in [-0.4, -0.2) is 0 Å². The van der Waals surface area contributed by atoms with Crippen LogP contribution in [0.2, 0.25) is 0 Å². The van der Waals surface area contributed by atoms with Gasteiger partial charge >= 0.3 is 103 Å². The van der Waals surface area contributed by atoms with E-state index in [4.69, 9.17) is 0 Å². The Morgan fingerprint density at radius 3 is 1.00 bits per heavy atom. The molecule has 0 aliphatic heterocycles. The van der Waals surface area contributed by atoms with E-state index in [-0.39, 0.29) is 113 Å². The predicted octanol–water partition coefficient (Wildman–Crippen LogP) is -4.65. The van der Waals surface area contributed by atoms with E-state index in [1.807, 2.05) is 0 Å². The maximum absolute atomic E-state index is 9.31. The van der Waals surface area contributed by atoms with Crippen molar-refractivity contribution < 1.29 is 107 Å². The van der Waals surface area contributed by atoms with Gasteiger partial charge in [-0.05, 0) is 0 Å². The molecule has 0 unspecified atom stereocenters. The molecule has 0 N–H and O–H groups in total. The molecule has 0 aromatic heterocycles. The second kappa shape index (κ2) is 24.4. The molecule has 0 rings (SSSR count). The first-order valence-electron chi connectivity index (χ1n) is 0.189. The third-order valence-electron chi connectivity index (χ3n) is 0. The average molecular weight is 162 g/mol. The van der Waals surface area contributed by atoms with E-state index >= 15 is 0 Å². The molecule has 0 bridgehead atoms. The van der Waals surface area contributed by atoms with Gasteiger partial charge in [-0.2, -0.15) is 0 Å². The smallest absolute Gasteiger partial charge is 0.577 e. The fraction of sp³-hybridized carbons (Fsp3) is 0. The van der Waals surface area contributed by atoms with Gasteiger partial charge in [0.2, 0.25) is 0 Å². The minimum Gasteiger partial charge on any atom is -0.577 e. The molecular formula is H3FK2P2. The Labute approximate surface area is 123 Å². The minimum absolute atomic E-state index is 0. The first-order chi connectivity index (χ1) is 1.00. The van der Waals surface area contributed by atoms with Crippen LogP contribution in [0.5, 0.6) is 0 Å². The second-order valence-corrected chi connectivity index (χ2v) is 0. The number of hydrogen-bond acceptors (Lipinski definition) is 0. The Morgan fingerprint density at radius 2 is 1.00 bits per heavy atom. The Hall–Kier alpha value is 4.06. The summed E-state index contributed by atoms with van der Waals surface area (Å²) in [7, 11) is 1.47. The maximum Gasteiger partial charge on any atom is 1.00 e. The first-order valence-corrected chi connectivity index (χ1v) is 0.567. The topological polar surface area (TPSA) is 0 Å². The molecule has 0 aromatic carbocycles. The maximum atomic E-state index is 9.31. The molecule has 0 atom stereocenters. The van der Waals surface area contributed by atoms with E-state index in [0.717, 1.165) is 0 Å². The molecule has 0 aliphatic rings. The molecule has 0 saturated heterocycles. The summed E-state index contributed by atoms with van der Waals surface area (Å²) in [6, 6.07) is 0. The van der Waals surface area contributed by atoms with Gasteiger partial charge < -0.3 is 23.6 Å². The number of halogens is 1. The van der Waals surface area contributed by atoms with Crippen molar-refractivity contribution in [2.45, 2.75) is 0 Å². The first kappa shape index (κ1) is 23.0. The van der Waals surface area contributed by atoms with E-state index < -0.39 is 0 Å². The van der Waals surface area contributed by atoms with Gasteiger partial charge in [-0.15, -0.1) is 0 Å². The van der Waals surface area contributed by atoms with Crippen LogP contribution in [0.1, 0.15) is 0 Å². The molecule has 22 valence electrons. The Morgan fingerprint density at radius 1 is 1.00 bits per heavy atom. The summed E-state index contributed by atoms with van der Waals surface area (Å²) in [6.45, 7) is 0. The van der Waals surface area contributed by atoms with Gasteiger partial charge in [-0.25, -0.2) is 0 Å². The Bertz CT molecular complexity index is 7.61. The fourth-order valence-corrected chi connectivity index (χ4v) is 0. The molecule has 0 fully saturated rings. The van der Waals surface area contributed by atoms with Crippen LogP contribution in [0.3, 0.4) is 0 Å². The third kappa shape index (κ3) is 18.0. The van der Waals surface area contributed by atoms with E-state index in [2.05, 4.69) is 0 Å². The van der Waals surface area contributed by atoms with Gasteiger partial charge in [0.15, 0.2) is 0 Å². The van der Waals surface area contributed by atoms with E-state index in [1.54, 1.807) is 0 Å². The molecular weight excluding hydrogens is 159 g/mol. The number of rotatable bonds is 0. The summed E-state index contributed by atoms with van der Waals surface area (Å²) in [5.41, 5.74) is 0. The predicted molar refractivity (Wildman–Crippen MR) is 19.1 cm³/mol. The van der Waals surface area contributed by atoms with Gasteiger partial charge in [0.1, 0.15) is 0 Å². The molecule has 0 nitrogen and oxygen atoms in total. The Kier molecular flexibility index (Phi) is 112. The monoisotopic (exact) mass is 162 g/mol. The van der Waals surface area contributed by atoms with E-state index in [9.17, 15) is 4.20 Å². The van der Waals surface area contributed by atoms with Crippen molar-refractivity contribution in [2.24, 2.45) is 0 Å². The third-order valence-corrected chi connectivity index (χ3v) is 0. The van der Waals surface area contributed by atoms with Crippen LogP contribution in [0.15, 0.2) is 0 Å². The summed E-state index contributed by atoms with van der Waals surface area (Å²) in [5, 5.41) is 0. The van der Waals surface area contributed by atoms with Gasteiger partial charge in [0.25, 0.3) is 0 Å². The van der Waals surface area contributed by atoms with Crippen molar-refractivity contribution in [1.29, 1.82) is 0 Å². The van der Waals surface area contributed by atoms with Crippen molar-refractivity contribution >= 4 is 19.4 Å². The minimum atomic E-state index is 0. The zero-order valence-electron chi connectivity index (χ0n) is 3.46. The molecule has 0 amide bonds. The normalized spacial score (nSPS) is 1.20. The van der Waals surface area contributed by atoms with Crippen molar-refractivity contribution in [2.75, 3.05) is 0 Å². The summed E-state index contributed by atoms with van der Waals surface area (Å²) in [5.74, 6) is 0. The standard InChI is InChI=1S/FHP.2K.H2P/c1-2;;;/h2H;;;1H2/q-1;2*+1;-1. The summed E-state index contributed by atoms with van der Waals surface area (Å²) < 4.78 is 9.31. The van der Waals surface area contributed by atoms with Crippen LogP contribution < -0.4 is 103 Å². The van der Waals surface area contributed by atoms with E-state index in [0.29, 0.717) is 0 Å². The molecule has 0 spiro atoms. The van der Waals surface area contributed by atoms with Crippen molar-refractivity contribution in [3.8, 4) is 0 Å². The Balaban J connectivity index is -0.00000000167. The fourth-order valence-electron chi connectivity index (χ4n) is 0. The summed E-state index contributed by atoms with van der Waals surface area (Å²) in [6.07, 6.45) is 0. The van der Waals surface area contributed by atoms with Crippen LogP contribution >= 0.6 is 19.4 Å². The average Bonchev–Trinajstić information content (AvgIpc) is 1.00. The molecule has 0 aromatic rings. The quantitative estimate of drug-likeness (QED) is 0.248. The SMILES string of the molecule is F[PH-].[K+].[K+].[PH2-]. The van der Waals surface area contributed by atoms with Gasteiger partial charge in [-0.1, -0.05) is 0 Å². The molecule has 0 saturated carbocycles. The van der Waals surface area contributed by atoms with Gasteiger partial charge in [0, 0.05) is 0 Å².